The molecule has 2 aromatic rings. The molecule has 2 aliphatic rings. The molecule has 1 aliphatic carbocycles. The number of ketones is 1. The largest absolute Gasteiger partial charge is 0.448 e. The van der Waals surface area contributed by atoms with Crippen LogP contribution in [0.15, 0.2) is 48.5 Å². The van der Waals surface area contributed by atoms with Gasteiger partial charge in [0.2, 0.25) is 0 Å². The SMILES string of the molecule is O=C(CBr)C1CCCN(C(=O)OCC2c3ccccc3-c3ccccc32)C1. The molecule has 4 nitrogen and oxygen atoms in total. The number of nitrogens with zero attached hydrogens (tertiary/aromatic N) is 1. The van der Waals surface area contributed by atoms with Crippen molar-refractivity contribution in [2.45, 2.75) is 18.8 Å². The fourth-order valence-electron chi connectivity index (χ4n) is 4.20. The van der Waals surface area contributed by atoms with Crippen molar-refractivity contribution in [3.8, 4) is 11.1 Å². The van der Waals surface area contributed by atoms with Crippen LogP contribution in [-0.2, 0) is 9.53 Å². The highest BCUT2D eigenvalue weighted by molar-refractivity contribution is 9.09. The lowest BCUT2D eigenvalue weighted by molar-refractivity contribution is -0.121. The minimum atomic E-state index is -0.316. The highest BCUT2D eigenvalue weighted by atomic mass is 79.9. The Hall–Kier alpha value is -2.14. The molecule has 0 radical (unpaired) electrons. The molecule has 4 rings (SSSR count). The average Bonchev–Trinajstić information content (AvgIpc) is 3.05. The first kappa shape index (κ1) is 18.2. The smallest absolute Gasteiger partial charge is 0.409 e. The Bertz CT molecular complexity index is 821. The van der Waals surface area contributed by atoms with E-state index in [-0.39, 0.29) is 23.7 Å². The van der Waals surface area contributed by atoms with E-state index in [1.54, 1.807) is 4.90 Å². The summed E-state index contributed by atoms with van der Waals surface area (Å²) in [5.41, 5.74) is 4.85. The van der Waals surface area contributed by atoms with E-state index in [9.17, 15) is 9.59 Å². The maximum atomic E-state index is 12.6. The van der Waals surface area contributed by atoms with Gasteiger partial charge in [0, 0.05) is 24.9 Å². The Balaban J connectivity index is 1.46. The standard InChI is InChI=1S/C22H22BrNO3/c23-12-21(25)15-6-5-11-24(13-15)22(26)27-14-20-18-9-3-1-7-16(18)17-8-2-4-10-19(17)20/h1-4,7-10,15,20H,5-6,11-14H2. The topological polar surface area (TPSA) is 46.6 Å². The van der Waals surface area contributed by atoms with Gasteiger partial charge in [0.25, 0.3) is 0 Å². The Morgan fingerprint density at radius 3 is 2.30 bits per heavy atom. The maximum absolute atomic E-state index is 12.6. The van der Waals surface area contributed by atoms with Crippen LogP contribution < -0.4 is 0 Å². The molecular weight excluding hydrogens is 406 g/mol. The van der Waals surface area contributed by atoms with Gasteiger partial charge >= 0.3 is 6.09 Å². The van der Waals surface area contributed by atoms with Gasteiger partial charge in [-0.15, -0.1) is 0 Å². The van der Waals surface area contributed by atoms with Crippen LogP contribution >= 0.6 is 15.9 Å². The number of amides is 1. The van der Waals surface area contributed by atoms with Crippen molar-refractivity contribution in [2.75, 3.05) is 25.0 Å². The van der Waals surface area contributed by atoms with E-state index in [2.05, 4.69) is 40.2 Å². The molecule has 27 heavy (non-hydrogen) atoms. The second-order valence-electron chi connectivity index (χ2n) is 7.19. The van der Waals surface area contributed by atoms with Crippen LogP contribution in [0.25, 0.3) is 11.1 Å². The Kier molecular flexibility index (Phi) is 5.30. The summed E-state index contributed by atoms with van der Waals surface area (Å²) < 4.78 is 5.70. The first-order valence-electron chi connectivity index (χ1n) is 9.37. The fraction of sp³-hybridized carbons (Fsp3) is 0.364. The highest BCUT2D eigenvalue weighted by Crippen LogP contribution is 2.44. The molecule has 2 aromatic carbocycles. The minimum Gasteiger partial charge on any atom is -0.448 e. The van der Waals surface area contributed by atoms with Crippen LogP contribution in [-0.4, -0.2) is 41.8 Å². The third-order valence-electron chi connectivity index (χ3n) is 5.60. The van der Waals surface area contributed by atoms with Crippen molar-refractivity contribution in [3.63, 3.8) is 0 Å². The van der Waals surface area contributed by atoms with Gasteiger partial charge in [-0.3, -0.25) is 4.79 Å². The van der Waals surface area contributed by atoms with Gasteiger partial charge in [0.05, 0.1) is 5.33 Å². The third kappa shape index (κ3) is 3.53. The van der Waals surface area contributed by atoms with E-state index in [1.807, 2.05) is 24.3 Å². The molecule has 140 valence electrons. The van der Waals surface area contributed by atoms with E-state index in [1.165, 1.54) is 22.3 Å². The summed E-state index contributed by atoms with van der Waals surface area (Å²) in [6.45, 7) is 1.43. The van der Waals surface area contributed by atoms with E-state index in [0.717, 1.165) is 12.8 Å². The van der Waals surface area contributed by atoms with E-state index in [0.29, 0.717) is 25.0 Å². The predicted molar refractivity (Wildman–Crippen MR) is 108 cm³/mol. The molecule has 1 aliphatic heterocycles. The molecule has 0 aromatic heterocycles. The van der Waals surface area contributed by atoms with Crippen molar-refractivity contribution in [2.24, 2.45) is 5.92 Å². The number of Topliss-reactive ketones (excluding diaryl/α,β-unsaturated/α-hetero) is 1. The number of hydrogen-bond acceptors (Lipinski definition) is 3. The summed E-state index contributed by atoms with van der Waals surface area (Å²) in [5.74, 6) is 0.135. The second-order valence-corrected chi connectivity index (χ2v) is 7.75. The molecule has 1 fully saturated rings. The summed E-state index contributed by atoms with van der Waals surface area (Å²) >= 11 is 3.23. The molecule has 5 heteroatoms. The summed E-state index contributed by atoms with van der Waals surface area (Å²) in [5, 5.41) is 0.343. The van der Waals surface area contributed by atoms with E-state index in [4.69, 9.17) is 4.74 Å². The maximum Gasteiger partial charge on any atom is 0.409 e. The molecule has 0 N–H and O–H groups in total. The molecule has 1 amide bonds. The minimum absolute atomic E-state index is 0.0612. The fourth-order valence-corrected chi connectivity index (χ4v) is 4.66. The number of carbonyl (C=O) groups excluding carboxylic acids is 2. The van der Waals surface area contributed by atoms with Crippen molar-refractivity contribution < 1.29 is 14.3 Å². The van der Waals surface area contributed by atoms with Gasteiger partial charge in [-0.1, -0.05) is 64.5 Å². The summed E-state index contributed by atoms with van der Waals surface area (Å²) in [7, 11) is 0. The normalized spacial score (nSPS) is 18.7. The van der Waals surface area contributed by atoms with Crippen molar-refractivity contribution in [1.29, 1.82) is 0 Å². The Morgan fingerprint density at radius 1 is 1.04 bits per heavy atom. The van der Waals surface area contributed by atoms with E-state index < -0.39 is 0 Å². The summed E-state index contributed by atoms with van der Waals surface area (Å²) in [4.78, 5) is 26.2. The monoisotopic (exact) mass is 427 g/mol. The van der Waals surface area contributed by atoms with Gasteiger partial charge < -0.3 is 9.64 Å². The average molecular weight is 428 g/mol. The summed E-state index contributed by atoms with van der Waals surface area (Å²) in [6, 6.07) is 16.6. The van der Waals surface area contributed by atoms with Crippen LogP contribution in [0.5, 0.6) is 0 Å². The van der Waals surface area contributed by atoms with Crippen LogP contribution in [0.3, 0.4) is 0 Å². The zero-order chi connectivity index (χ0) is 18.8. The van der Waals surface area contributed by atoms with Gasteiger partial charge in [0.15, 0.2) is 0 Å². The zero-order valence-corrected chi connectivity index (χ0v) is 16.7. The molecule has 1 saturated heterocycles. The van der Waals surface area contributed by atoms with E-state index >= 15 is 0 Å². The number of carbonyl (C=O) groups is 2. The van der Waals surface area contributed by atoms with Crippen molar-refractivity contribution in [1.82, 2.24) is 4.90 Å². The lowest BCUT2D eigenvalue weighted by Crippen LogP contribution is -2.43. The quantitative estimate of drug-likeness (QED) is 0.669. The number of alkyl halides is 1. The number of rotatable bonds is 4. The first-order valence-corrected chi connectivity index (χ1v) is 10.5. The number of ether oxygens (including phenoxy) is 1. The van der Waals surface area contributed by atoms with Crippen LogP contribution in [0.1, 0.15) is 29.9 Å². The predicted octanol–water partition coefficient (Wildman–Crippen LogP) is 4.61. The molecule has 1 heterocycles. The molecule has 1 unspecified atom stereocenters. The van der Waals surface area contributed by atoms with Crippen molar-refractivity contribution >= 4 is 27.8 Å². The van der Waals surface area contributed by atoms with Gasteiger partial charge in [-0.2, -0.15) is 0 Å². The van der Waals surface area contributed by atoms with Crippen LogP contribution in [0.2, 0.25) is 0 Å². The summed E-state index contributed by atoms with van der Waals surface area (Å²) in [6.07, 6.45) is 1.37. The molecule has 0 spiro atoms. The number of halogens is 1. The van der Waals surface area contributed by atoms with Gasteiger partial charge in [0.1, 0.15) is 12.4 Å². The van der Waals surface area contributed by atoms with Gasteiger partial charge in [-0.25, -0.2) is 4.79 Å². The zero-order valence-electron chi connectivity index (χ0n) is 15.1. The van der Waals surface area contributed by atoms with Crippen LogP contribution in [0, 0.1) is 5.92 Å². The molecular formula is C22H22BrNO3. The number of benzene rings is 2. The Morgan fingerprint density at radius 2 is 1.67 bits per heavy atom. The Labute approximate surface area is 167 Å². The lowest BCUT2D eigenvalue weighted by Gasteiger charge is -2.31. The number of piperidine rings is 1. The highest BCUT2D eigenvalue weighted by Gasteiger charge is 2.31. The lowest BCUT2D eigenvalue weighted by atomic mass is 9.95. The van der Waals surface area contributed by atoms with Crippen molar-refractivity contribution in [3.05, 3.63) is 59.7 Å². The third-order valence-corrected chi connectivity index (χ3v) is 6.16. The second kappa shape index (κ2) is 7.85. The van der Waals surface area contributed by atoms with Crippen LogP contribution in [0.4, 0.5) is 4.79 Å². The molecule has 1 atom stereocenters. The number of hydrogen-bond donors (Lipinski definition) is 0. The number of likely N-dealkylation sites (tertiary alicyclic amines) is 1. The molecule has 0 saturated carbocycles. The van der Waals surface area contributed by atoms with Gasteiger partial charge in [-0.05, 0) is 35.1 Å². The first-order chi connectivity index (χ1) is 13.2. The number of fused-ring (bicyclic) bond motifs is 3. The molecule has 0 bridgehead atoms.